The van der Waals surface area contributed by atoms with Crippen LogP contribution < -0.4 is 5.73 Å². The molecule has 2 N–H and O–H groups in total. The molecule has 2 rings (SSSR count). The highest BCUT2D eigenvalue weighted by Crippen LogP contribution is 2.16. The Kier molecular flexibility index (Phi) is 3.92. The lowest BCUT2D eigenvalue weighted by atomic mass is 10.0. The second-order valence-corrected chi connectivity index (χ2v) is 5.12. The van der Waals surface area contributed by atoms with Gasteiger partial charge in [0.1, 0.15) is 0 Å². The summed E-state index contributed by atoms with van der Waals surface area (Å²) in [5, 5.41) is 0. The average molecular weight is 291 g/mol. The van der Waals surface area contributed by atoms with Crippen LogP contribution in [0, 0.1) is 6.92 Å². The van der Waals surface area contributed by atoms with Gasteiger partial charge in [0.2, 0.25) is 0 Å². The van der Waals surface area contributed by atoms with Crippen LogP contribution in [-0.2, 0) is 6.42 Å². The fourth-order valence-corrected chi connectivity index (χ4v) is 2.04. The minimum Gasteiger partial charge on any atom is -0.322 e. The number of aryl methyl sites for hydroxylation is 1. The minimum atomic E-state index is -0.0510. The van der Waals surface area contributed by atoms with Crippen molar-refractivity contribution in [1.82, 2.24) is 4.98 Å². The van der Waals surface area contributed by atoms with Gasteiger partial charge >= 0.3 is 0 Å². The molecule has 0 bridgehead atoms. The zero-order valence-electron chi connectivity index (χ0n) is 9.73. The van der Waals surface area contributed by atoms with E-state index in [9.17, 15) is 0 Å². The summed E-state index contributed by atoms with van der Waals surface area (Å²) < 4.78 is 0.976. The van der Waals surface area contributed by atoms with Gasteiger partial charge in [0, 0.05) is 10.7 Å². The molecule has 1 heterocycles. The summed E-state index contributed by atoms with van der Waals surface area (Å²) in [5.74, 6) is 0. The summed E-state index contributed by atoms with van der Waals surface area (Å²) in [7, 11) is 0. The summed E-state index contributed by atoms with van der Waals surface area (Å²) in [4.78, 5) is 4.32. The standard InChI is InChI=1S/C14H15BrN2/c1-10-3-2-4-11(7-10)8-13(16)14-6-5-12(15)9-17-14/h2-7,9,13H,8,16H2,1H3. The van der Waals surface area contributed by atoms with Crippen LogP contribution in [0.3, 0.4) is 0 Å². The molecule has 0 fully saturated rings. The highest BCUT2D eigenvalue weighted by Gasteiger charge is 2.08. The predicted octanol–water partition coefficient (Wildman–Crippen LogP) is 3.40. The first kappa shape index (κ1) is 12.3. The minimum absolute atomic E-state index is 0.0510. The molecular formula is C14H15BrN2. The number of nitrogens with zero attached hydrogens (tertiary/aromatic N) is 1. The lowest BCUT2D eigenvalue weighted by Crippen LogP contribution is -2.14. The Bertz CT molecular complexity index is 494. The van der Waals surface area contributed by atoms with Crippen molar-refractivity contribution in [3.63, 3.8) is 0 Å². The van der Waals surface area contributed by atoms with E-state index in [0.717, 1.165) is 16.6 Å². The maximum atomic E-state index is 6.15. The van der Waals surface area contributed by atoms with E-state index in [1.807, 2.05) is 12.1 Å². The fourth-order valence-electron chi connectivity index (χ4n) is 1.80. The molecule has 88 valence electrons. The molecule has 0 aliphatic carbocycles. The molecule has 0 spiro atoms. The van der Waals surface area contributed by atoms with Crippen molar-refractivity contribution in [3.05, 3.63) is 63.9 Å². The van der Waals surface area contributed by atoms with Crippen molar-refractivity contribution in [2.45, 2.75) is 19.4 Å². The van der Waals surface area contributed by atoms with Gasteiger partial charge in [-0.3, -0.25) is 4.98 Å². The Labute approximate surface area is 110 Å². The summed E-state index contributed by atoms with van der Waals surface area (Å²) in [5.41, 5.74) is 9.59. The number of nitrogens with two attached hydrogens (primary N) is 1. The van der Waals surface area contributed by atoms with E-state index in [0.29, 0.717) is 0 Å². The maximum absolute atomic E-state index is 6.15. The zero-order chi connectivity index (χ0) is 12.3. The van der Waals surface area contributed by atoms with Crippen LogP contribution in [0.4, 0.5) is 0 Å². The van der Waals surface area contributed by atoms with E-state index in [-0.39, 0.29) is 6.04 Å². The van der Waals surface area contributed by atoms with Crippen LogP contribution in [0.5, 0.6) is 0 Å². The van der Waals surface area contributed by atoms with E-state index in [4.69, 9.17) is 5.73 Å². The van der Waals surface area contributed by atoms with Gasteiger partial charge in [-0.05, 0) is 47.0 Å². The number of rotatable bonds is 3. The van der Waals surface area contributed by atoms with Gasteiger partial charge in [-0.2, -0.15) is 0 Å². The second-order valence-electron chi connectivity index (χ2n) is 4.20. The highest BCUT2D eigenvalue weighted by molar-refractivity contribution is 9.10. The molecule has 0 amide bonds. The van der Waals surface area contributed by atoms with Crippen molar-refractivity contribution in [3.8, 4) is 0 Å². The normalized spacial score (nSPS) is 12.4. The molecule has 1 aromatic carbocycles. The van der Waals surface area contributed by atoms with Gasteiger partial charge in [-0.25, -0.2) is 0 Å². The second kappa shape index (κ2) is 5.43. The molecular weight excluding hydrogens is 276 g/mol. The average Bonchev–Trinajstić information content (AvgIpc) is 2.29. The first-order chi connectivity index (χ1) is 8.15. The number of hydrogen-bond acceptors (Lipinski definition) is 2. The third kappa shape index (κ3) is 3.38. The molecule has 0 saturated carbocycles. The molecule has 1 unspecified atom stereocenters. The van der Waals surface area contributed by atoms with Gasteiger partial charge in [0.25, 0.3) is 0 Å². The summed E-state index contributed by atoms with van der Waals surface area (Å²) in [6, 6.07) is 12.3. The third-order valence-corrected chi connectivity index (χ3v) is 3.14. The quantitative estimate of drug-likeness (QED) is 0.941. The Balaban J connectivity index is 2.11. The van der Waals surface area contributed by atoms with Crippen molar-refractivity contribution in [2.75, 3.05) is 0 Å². The van der Waals surface area contributed by atoms with Crippen molar-refractivity contribution >= 4 is 15.9 Å². The monoisotopic (exact) mass is 290 g/mol. The number of pyridine rings is 1. The molecule has 17 heavy (non-hydrogen) atoms. The maximum Gasteiger partial charge on any atom is 0.0575 e. The lowest BCUT2D eigenvalue weighted by molar-refractivity contribution is 0.696. The predicted molar refractivity (Wildman–Crippen MR) is 73.7 cm³/mol. The fraction of sp³-hybridized carbons (Fsp3) is 0.214. The highest BCUT2D eigenvalue weighted by atomic mass is 79.9. The van der Waals surface area contributed by atoms with Crippen LogP contribution >= 0.6 is 15.9 Å². The summed E-state index contributed by atoms with van der Waals surface area (Å²) >= 11 is 3.37. The van der Waals surface area contributed by atoms with Crippen LogP contribution in [-0.4, -0.2) is 4.98 Å². The molecule has 0 radical (unpaired) electrons. The third-order valence-electron chi connectivity index (χ3n) is 2.67. The van der Waals surface area contributed by atoms with E-state index in [1.165, 1.54) is 11.1 Å². The molecule has 2 nitrogen and oxygen atoms in total. The Morgan fingerprint density at radius 1 is 1.29 bits per heavy atom. The molecule has 1 aromatic heterocycles. The number of hydrogen-bond donors (Lipinski definition) is 1. The lowest BCUT2D eigenvalue weighted by Gasteiger charge is -2.11. The van der Waals surface area contributed by atoms with E-state index < -0.39 is 0 Å². The first-order valence-electron chi connectivity index (χ1n) is 5.58. The SMILES string of the molecule is Cc1cccc(CC(N)c2ccc(Br)cn2)c1. The molecule has 1 atom stereocenters. The van der Waals surface area contributed by atoms with Gasteiger partial charge in [0.05, 0.1) is 11.7 Å². The van der Waals surface area contributed by atoms with Gasteiger partial charge < -0.3 is 5.73 Å². The molecule has 0 aliphatic heterocycles. The van der Waals surface area contributed by atoms with Crippen molar-refractivity contribution in [1.29, 1.82) is 0 Å². The number of aromatic nitrogens is 1. The smallest absolute Gasteiger partial charge is 0.0575 e. The Morgan fingerprint density at radius 3 is 2.76 bits per heavy atom. The number of halogens is 1. The van der Waals surface area contributed by atoms with Crippen LogP contribution in [0.2, 0.25) is 0 Å². The van der Waals surface area contributed by atoms with E-state index >= 15 is 0 Å². The molecule has 0 aliphatic rings. The van der Waals surface area contributed by atoms with E-state index in [2.05, 4.69) is 52.1 Å². The van der Waals surface area contributed by atoms with Crippen molar-refractivity contribution < 1.29 is 0 Å². The van der Waals surface area contributed by atoms with Crippen LogP contribution in [0.25, 0.3) is 0 Å². The molecule has 3 heteroatoms. The van der Waals surface area contributed by atoms with Crippen LogP contribution in [0.1, 0.15) is 22.9 Å². The molecule has 0 saturated heterocycles. The van der Waals surface area contributed by atoms with Crippen molar-refractivity contribution in [2.24, 2.45) is 5.73 Å². The largest absolute Gasteiger partial charge is 0.322 e. The molecule has 2 aromatic rings. The number of benzene rings is 1. The van der Waals surface area contributed by atoms with Gasteiger partial charge in [0.15, 0.2) is 0 Å². The van der Waals surface area contributed by atoms with E-state index in [1.54, 1.807) is 6.20 Å². The topological polar surface area (TPSA) is 38.9 Å². The summed E-state index contributed by atoms with van der Waals surface area (Å²) in [6.07, 6.45) is 2.60. The first-order valence-corrected chi connectivity index (χ1v) is 6.37. The van der Waals surface area contributed by atoms with Gasteiger partial charge in [-0.15, -0.1) is 0 Å². The van der Waals surface area contributed by atoms with Crippen LogP contribution in [0.15, 0.2) is 47.1 Å². The van der Waals surface area contributed by atoms with Gasteiger partial charge in [-0.1, -0.05) is 29.8 Å². The summed E-state index contributed by atoms with van der Waals surface area (Å²) in [6.45, 7) is 2.09. The Morgan fingerprint density at radius 2 is 2.12 bits per heavy atom. The Hall–Kier alpha value is -1.19. The zero-order valence-corrected chi connectivity index (χ0v) is 11.3.